The Morgan fingerprint density at radius 1 is 1.25 bits per heavy atom. The van der Waals surface area contributed by atoms with Crippen LogP contribution >= 0.6 is 0 Å². The lowest BCUT2D eigenvalue weighted by Gasteiger charge is -2.25. The number of hydrogen-bond acceptors (Lipinski definition) is 4. The van der Waals surface area contributed by atoms with E-state index >= 15 is 0 Å². The van der Waals surface area contributed by atoms with E-state index in [4.69, 9.17) is 4.74 Å². The summed E-state index contributed by atoms with van der Waals surface area (Å²) in [4.78, 5) is 37.0. The first-order valence-electron chi connectivity index (χ1n) is 8.23. The molecule has 4 nitrogen and oxygen atoms in total. The van der Waals surface area contributed by atoms with Gasteiger partial charge in [-0.25, -0.2) is 0 Å². The van der Waals surface area contributed by atoms with Crippen LogP contribution in [0.5, 0.6) is 0 Å². The second-order valence-electron chi connectivity index (χ2n) is 6.23. The summed E-state index contributed by atoms with van der Waals surface area (Å²) in [6, 6.07) is 0. The molecule has 2 aliphatic carbocycles. The van der Waals surface area contributed by atoms with E-state index in [0.29, 0.717) is 36.8 Å². The summed E-state index contributed by atoms with van der Waals surface area (Å²) in [5.74, 6) is -0.732. The zero-order valence-corrected chi connectivity index (χ0v) is 14.3. The molecule has 0 heterocycles. The molecule has 0 saturated heterocycles. The predicted molar refractivity (Wildman–Crippen MR) is 92.0 cm³/mol. The summed E-state index contributed by atoms with van der Waals surface area (Å²) in [6.07, 6.45) is 8.28. The molecule has 0 aromatic heterocycles. The summed E-state index contributed by atoms with van der Waals surface area (Å²) in [5.41, 5.74) is 2.44. The molecule has 0 unspecified atom stereocenters. The van der Waals surface area contributed by atoms with Gasteiger partial charge in [-0.2, -0.15) is 0 Å². The van der Waals surface area contributed by atoms with Crippen LogP contribution in [0.2, 0.25) is 0 Å². The average molecular weight is 327 g/mol. The van der Waals surface area contributed by atoms with Crippen LogP contribution < -0.4 is 0 Å². The molecule has 0 saturated carbocycles. The maximum Gasteiger partial charge on any atom is 0.306 e. The molecular formula is C20H23O4. The molecule has 0 spiro atoms. The molecular weight excluding hydrogens is 304 g/mol. The first-order chi connectivity index (χ1) is 11.4. The van der Waals surface area contributed by atoms with Crippen LogP contribution in [0.25, 0.3) is 0 Å². The van der Waals surface area contributed by atoms with Gasteiger partial charge >= 0.3 is 5.97 Å². The number of carbonyl (C=O) groups is 3. The maximum absolute atomic E-state index is 12.8. The molecule has 0 aromatic rings. The highest BCUT2D eigenvalue weighted by Crippen LogP contribution is 2.31. The SMILES string of the molecule is [CH2]CCC(=O)O[C@H](CC=C(C)C)C1=CC(=O)C2=C(CC=CC2)C1=O. The first kappa shape index (κ1) is 18.1. The highest BCUT2D eigenvalue weighted by atomic mass is 16.5. The average Bonchev–Trinajstić information content (AvgIpc) is 2.55. The maximum atomic E-state index is 12.8. The van der Waals surface area contributed by atoms with E-state index in [-0.39, 0.29) is 23.6 Å². The zero-order valence-electron chi connectivity index (χ0n) is 14.3. The Bertz CT molecular complexity index is 670. The fraction of sp³-hybridized carbons (Fsp3) is 0.400. The van der Waals surface area contributed by atoms with Crippen molar-refractivity contribution in [1.29, 1.82) is 0 Å². The number of Topliss-reactive ketones (excluding diaryl/α,β-unsaturated/α-hetero) is 1. The molecule has 24 heavy (non-hydrogen) atoms. The predicted octanol–water partition coefficient (Wildman–Crippen LogP) is 3.59. The van der Waals surface area contributed by atoms with Gasteiger partial charge in [-0.05, 0) is 39.2 Å². The van der Waals surface area contributed by atoms with E-state index in [1.165, 1.54) is 6.08 Å². The van der Waals surface area contributed by atoms with Crippen LogP contribution in [0.1, 0.15) is 46.0 Å². The minimum absolute atomic E-state index is 0.153. The Kier molecular flexibility index (Phi) is 6.07. The highest BCUT2D eigenvalue weighted by molar-refractivity contribution is 6.23. The minimum atomic E-state index is -0.727. The van der Waals surface area contributed by atoms with Crippen molar-refractivity contribution >= 4 is 17.5 Å². The summed E-state index contributed by atoms with van der Waals surface area (Å²) < 4.78 is 5.47. The number of allylic oxidation sites excluding steroid dienone is 6. The third-order valence-electron chi connectivity index (χ3n) is 4.04. The van der Waals surface area contributed by atoms with E-state index in [1.54, 1.807) is 0 Å². The number of ketones is 2. The smallest absolute Gasteiger partial charge is 0.306 e. The van der Waals surface area contributed by atoms with Gasteiger partial charge in [-0.1, -0.05) is 30.7 Å². The molecule has 2 aliphatic rings. The second kappa shape index (κ2) is 8.04. The normalized spacial score (nSPS) is 18.0. The van der Waals surface area contributed by atoms with E-state index in [9.17, 15) is 14.4 Å². The molecule has 1 radical (unpaired) electrons. The van der Waals surface area contributed by atoms with Crippen LogP contribution in [0.4, 0.5) is 0 Å². The number of rotatable bonds is 6. The van der Waals surface area contributed by atoms with Crippen LogP contribution in [0, 0.1) is 6.92 Å². The van der Waals surface area contributed by atoms with Crippen LogP contribution in [-0.4, -0.2) is 23.6 Å². The van der Waals surface area contributed by atoms with Gasteiger partial charge in [0.25, 0.3) is 0 Å². The molecule has 0 aromatic carbocycles. The molecule has 0 bridgehead atoms. The largest absolute Gasteiger partial charge is 0.457 e. The Labute approximate surface area is 143 Å². The fourth-order valence-electron chi connectivity index (χ4n) is 2.78. The number of esters is 1. The third kappa shape index (κ3) is 4.19. The fourth-order valence-corrected chi connectivity index (χ4v) is 2.78. The first-order valence-corrected chi connectivity index (χ1v) is 8.23. The Hall–Kier alpha value is -2.23. The van der Waals surface area contributed by atoms with E-state index in [0.717, 1.165) is 5.57 Å². The van der Waals surface area contributed by atoms with Crippen LogP contribution in [0.3, 0.4) is 0 Å². The van der Waals surface area contributed by atoms with Gasteiger partial charge < -0.3 is 4.74 Å². The van der Waals surface area contributed by atoms with Crippen molar-refractivity contribution in [2.75, 3.05) is 0 Å². The standard InChI is InChI=1S/C20H23O4/c1-4-7-19(22)24-18(11-10-13(2)3)16-12-17(21)14-8-5-6-9-15(14)20(16)23/h5-6,10,12,18H,1,4,7-9,11H2,2-3H3/t18-/m1/s1. The summed E-state index contributed by atoms with van der Waals surface area (Å²) in [5, 5.41) is 0. The Morgan fingerprint density at radius 3 is 2.54 bits per heavy atom. The number of carbonyl (C=O) groups excluding carboxylic acids is 3. The second-order valence-corrected chi connectivity index (χ2v) is 6.23. The number of ether oxygens (including phenoxy) is 1. The topological polar surface area (TPSA) is 60.4 Å². The zero-order chi connectivity index (χ0) is 17.7. The molecule has 0 aliphatic heterocycles. The summed E-state index contributed by atoms with van der Waals surface area (Å²) in [6.45, 7) is 7.51. The van der Waals surface area contributed by atoms with Crippen molar-refractivity contribution in [2.24, 2.45) is 0 Å². The summed E-state index contributed by atoms with van der Waals surface area (Å²) in [7, 11) is 0. The molecule has 2 rings (SSSR count). The molecule has 4 heteroatoms. The van der Waals surface area contributed by atoms with E-state index in [1.807, 2.05) is 32.1 Å². The van der Waals surface area contributed by atoms with Gasteiger partial charge in [0.1, 0.15) is 6.10 Å². The van der Waals surface area contributed by atoms with Crippen molar-refractivity contribution < 1.29 is 19.1 Å². The van der Waals surface area contributed by atoms with Crippen molar-refractivity contribution in [1.82, 2.24) is 0 Å². The molecule has 0 fully saturated rings. The van der Waals surface area contributed by atoms with Crippen LogP contribution in [0.15, 0.2) is 46.6 Å². The van der Waals surface area contributed by atoms with Crippen molar-refractivity contribution in [3.63, 3.8) is 0 Å². The van der Waals surface area contributed by atoms with Crippen molar-refractivity contribution in [2.45, 2.75) is 52.1 Å². The summed E-state index contributed by atoms with van der Waals surface area (Å²) >= 11 is 0. The Balaban J connectivity index is 2.28. The van der Waals surface area contributed by atoms with Gasteiger partial charge in [0.05, 0.1) is 0 Å². The van der Waals surface area contributed by atoms with Gasteiger partial charge in [-0.15, -0.1) is 0 Å². The minimum Gasteiger partial charge on any atom is -0.457 e. The lowest BCUT2D eigenvalue weighted by atomic mass is 9.81. The lowest BCUT2D eigenvalue weighted by molar-refractivity contribution is -0.147. The number of hydrogen-bond donors (Lipinski definition) is 0. The van der Waals surface area contributed by atoms with E-state index in [2.05, 4.69) is 6.92 Å². The van der Waals surface area contributed by atoms with Gasteiger partial charge in [0.2, 0.25) is 0 Å². The lowest BCUT2D eigenvalue weighted by Crippen LogP contribution is -2.30. The monoisotopic (exact) mass is 327 g/mol. The van der Waals surface area contributed by atoms with Crippen molar-refractivity contribution in [3.8, 4) is 0 Å². The van der Waals surface area contributed by atoms with Gasteiger partial charge in [0, 0.05) is 29.6 Å². The van der Waals surface area contributed by atoms with Gasteiger partial charge in [-0.3, -0.25) is 14.4 Å². The Morgan fingerprint density at radius 2 is 1.92 bits per heavy atom. The van der Waals surface area contributed by atoms with Crippen molar-refractivity contribution in [3.05, 3.63) is 53.5 Å². The molecule has 0 N–H and O–H groups in total. The molecule has 127 valence electrons. The third-order valence-corrected chi connectivity index (χ3v) is 4.04. The van der Waals surface area contributed by atoms with Crippen LogP contribution in [-0.2, 0) is 19.1 Å². The molecule has 0 amide bonds. The molecule has 1 atom stereocenters. The van der Waals surface area contributed by atoms with E-state index < -0.39 is 12.1 Å². The highest BCUT2D eigenvalue weighted by Gasteiger charge is 2.33. The van der Waals surface area contributed by atoms with Gasteiger partial charge in [0.15, 0.2) is 11.6 Å². The quantitative estimate of drug-likeness (QED) is 0.425.